The SMILES string of the molecule is CCCCCCCCCC/C=C\CCCCCCCCCCCCCCCCCCCCCCCCCCCCCC(=O)OC(COC(=O)CCCCCCCCCCCCCCCCCCCCCC)COC(OCC[N+](C)(C)C)C(=O)O. The monoisotopic (exact) mass is 1190 g/mol. The predicted molar refractivity (Wildman–Crippen MR) is 360 cm³/mol. The highest BCUT2D eigenvalue weighted by Crippen LogP contribution is 2.20. The zero-order chi connectivity index (χ0) is 61.2. The maximum atomic E-state index is 12.9. The Kier molecular flexibility index (Phi) is 65.4. The highest BCUT2D eigenvalue weighted by atomic mass is 16.7. The molecule has 84 heavy (non-hydrogen) atoms. The van der Waals surface area contributed by atoms with E-state index in [-0.39, 0.29) is 38.2 Å². The Hall–Kier alpha value is -1.97. The summed E-state index contributed by atoms with van der Waals surface area (Å²) in [6, 6.07) is 0. The summed E-state index contributed by atoms with van der Waals surface area (Å²) < 4.78 is 23.0. The Morgan fingerprint density at radius 2 is 0.607 bits per heavy atom. The Balaban J connectivity index is 3.93. The number of unbranched alkanes of at least 4 members (excludes halogenated alkanes) is 54. The number of carbonyl (C=O) groups is 3. The highest BCUT2D eigenvalue weighted by molar-refractivity contribution is 5.71. The van der Waals surface area contributed by atoms with Gasteiger partial charge in [-0.3, -0.25) is 9.59 Å². The Morgan fingerprint density at radius 1 is 0.345 bits per heavy atom. The van der Waals surface area contributed by atoms with Crippen molar-refractivity contribution >= 4 is 17.9 Å². The van der Waals surface area contributed by atoms with Crippen molar-refractivity contribution in [1.29, 1.82) is 0 Å². The smallest absolute Gasteiger partial charge is 0.361 e. The maximum Gasteiger partial charge on any atom is 0.361 e. The molecule has 1 N–H and O–H groups in total. The molecule has 0 heterocycles. The highest BCUT2D eigenvalue weighted by Gasteiger charge is 2.25. The molecule has 0 aliphatic rings. The third-order valence-corrected chi connectivity index (χ3v) is 17.3. The number of hydrogen-bond donors (Lipinski definition) is 1. The number of aliphatic carboxylic acids is 1. The Labute approximate surface area is 523 Å². The normalized spacial score (nSPS) is 12.6. The van der Waals surface area contributed by atoms with Crippen molar-refractivity contribution in [2.45, 2.75) is 405 Å². The van der Waals surface area contributed by atoms with E-state index >= 15 is 0 Å². The third kappa shape index (κ3) is 67.5. The molecule has 9 heteroatoms. The fourth-order valence-electron chi connectivity index (χ4n) is 11.5. The fourth-order valence-corrected chi connectivity index (χ4v) is 11.5. The number of likely N-dealkylation sites (N-methyl/N-ethyl adjacent to an activating group) is 1. The molecule has 0 aromatic rings. The van der Waals surface area contributed by atoms with Gasteiger partial charge in [-0.25, -0.2) is 4.79 Å². The molecule has 2 unspecified atom stereocenters. The van der Waals surface area contributed by atoms with Gasteiger partial charge in [-0.05, 0) is 38.5 Å². The minimum atomic E-state index is -1.51. The van der Waals surface area contributed by atoms with Gasteiger partial charge in [0.15, 0.2) is 6.10 Å². The van der Waals surface area contributed by atoms with Gasteiger partial charge in [-0.15, -0.1) is 0 Å². The second-order valence-electron chi connectivity index (χ2n) is 27.0. The van der Waals surface area contributed by atoms with Crippen LogP contribution >= 0.6 is 0 Å². The Morgan fingerprint density at radius 3 is 0.881 bits per heavy atom. The summed E-state index contributed by atoms with van der Waals surface area (Å²) in [6.07, 6.45) is 79.3. The van der Waals surface area contributed by atoms with Crippen LogP contribution in [0.5, 0.6) is 0 Å². The summed E-state index contributed by atoms with van der Waals surface area (Å²) in [5, 5.41) is 9.74. The van der Waals surface area contributed by atoms with Gasteiger partial charge >= 0.3 is 17.9 Å². The number of carboxylic acid groups (broad SMARTS) is 1. The fraction of sp³-hybridized carbons (Fsp3) is 0.933. The zero-order valence-corrected chi connectivity index (χ0v) is 57.1. The molecule has 0 saturated carbocycles. The molecule has 0 aliphatic carbocycles. The van der Waals surface area contributed by atoms with Crippen molar-refractivity contribution in [3.8, 4) is 0 Å². The van der Waals surface area contributed by atoms with E-state index in [4.69, 9.17) is 18.9 Å². The summed E-state index contributed by atoms with van der Waals surface area (Å²) in [6.45, 7) is 4.96. The lowest BCUT2D eigenvalue weighted by atomic mass is 10.0. The van der Waals surface area contributed by atoms with Crippen molar-refractivity contribution in [2.24, 2.45) is 0 Å². The van der Waals surface area contributed by atoms with Crippen molar-refractivity contribution in [1.82, 2.24) is 0 Å². The number of nitrogens with zero attached hydrogens (tertiary/aromatic N) is 1. The van der Waals surface area contributed by atoms with Crippen LogP contribution in [0.25, 0.3) is 0 Å². The number of rotatable bonds is 71. The zero-order valence-electron chi connectivity index (χ0n) is 57.1. The molecule has 0 aliphatic heterocycles. The van der Waals surface area contributed by atoms with Crippen molar-refractivity contribution in [2.75, 3.05) is 47.5 Å². The molecule has 0 aromatic carbocycles. The standard InChI is InChI=1S/C75H145NO8/c1-6-8-10-12-14-16-18-20-22-24-26-28-29-30-31-32-33-34-35-36-37-38-39-40-41-42-43-44-45-46-48-50-52-54-56-58-60-62-64-66-73(78)84-71(70-83-75(74(79)80)81-68-67-76(3,4)5)69-82-72(77)65-63-61-59-57-55-53-51-49-47-27-25-23-21-19-17-15-13-11-9-7-2/h24,26,71,75H,6-23,25,27-70H2,1-5H3/p+1/b26-24-. The molecule has 0 amide bonds. The van der Waals surface area contributed by atoms with Crippen LogP contribution in [0.4, 0.5) is 0 Å². The van der Waals surface area contributed by atoms with Crippen LogP contribution < -0.4 is 0 Å². The molecule has 0 bridgehead atoms. The third-order valence-electron chi connectivity index (χ3n) is 17.3. The van der Waals surface area contributed by atoms with Gasteiger partial charge in [-0.2, -0.15) is 0 Å². The van der Waals surface area contributed by atoms with E-state index in [1.54, 1.807) is 0 Å². The molecular weight excluding hydrogens is 1040 g/mol. The summed E-state index contributed by atoms with van der Waals surface area (Å²) in [5.41, 5.74) is 0. The van der Waals surface area contributed by atoms with E-state index in [0.717, 1.165) is 38.5 Å². The number of carbonyl (C=O) groups excluding carboxylic acids is 2. The van der Waals surface area contributed by atoms with E-state index in [9.17, 15) is 19.5 Å². The first-order chi connectivity index (χ1) is 41.1. The van der Waals surface area contributed by atoms with Crippen LogP contribution in [0.15, 0.2) is 12.2 Å². The molecule has 0 rings (SSSR count). The molecule has 498 valence electrons. The van der Waals surface area contributed by atoms with Gasteiger partial charge in [-0.1, -0.05) is 353 Å². The topological polar surface area (TPSA) is 108 Å². The number of esters is 2. The molecule has 0 aromatic heterocycles. The van der Waals surface area contributed by atoms with Crippen LogP contribution in [0.2, 0.25) is 0 Å². The molecular formula is C75H146NO8+. The van der Waals surface area contributed by atoms with E-state index in [1.807, 2.05) is 21.1 Å². The van der Waals surface area contributed by atoms with Gasteiger partial charge in [0.1, 0.15) is 13.2 Å². The largest absolute Gasteiger partial charge is 0.477 e. The van der Waals surface area contributed by atoms with Gasteiger partial charge in [0.2, 0.25) is 0 Å². The van der Waals surface area contributed by atoms with Crippen LogP contribution in [0.3, 0.4) is 0 Å². The van der Waals surface area contributed by atoms with Crippen molar-refractivity contribution < 1.29 is 42.9 Å². The average molecular weight is 1190 g/mol. The second-order valence-corrected chi connectivity index (χ2v) is 27.0. The lowest BCUT2D eigenvalue weighted by Gasteiger charge is -2.25. The maximum absolute atomic E-state index is 12.9. The van der Waals surface area contributed by atoms with Gasteiger partial charge in [0.25, 0.3) is 6.29 Å². The van der Waals surface area contributed by atoms with Gasteiger partial charge in [0.05, 0.1) is 34.4 Å². The number of allylic oxidation sites excluding steroid dienone is 2. The summed E-state index contributed by atoms with van der Waals surface area (Å²) in [7, 11) is 6.00. The first-order valence-electron chi connectivity index (χ1n) is 37.4. The number of quaternary nitrogens is 1. The summed E-state index contributed by atoms with van der Waals surface area (Å²) >= 11 is 0. The van der Waals surface area contributed by atoms with E-state index in [1.165, 1.54) is 327 Å². The number of hydrogen-bond acceptors (Lipinski definition) is 7. The minimum absolute atomic E-state index is 0.173. The molecule has 9 nitrogen and oxygen atoms in total. The predicted octanol–water partition coefficient (Wildman–Crippen LogP) is 23.2. The van der Waals surface area contributed by atoms with Gasteiger partial charge < -0.3 is 28.5 Å². The van der Waals surface area contributed by atoms with Crippen LogP contribution in [0.1, 0.15) is 393 Å². The molecule has 0 spiro atoms. The van der Waals surface area contributed by atoms with Crippen LogP contribution in [0, 0.1) is 0 Å². The minimum Gasteiger partial charge on any atom is -0.477 e. The number of carboxylic acids is 1. The first kappa shape index (κ1) is 82.0. The van der Waals surface area contributed by atoms with E-state index in [0.29, 0.717) is 17.4 Å². The van der Waals surface area contributed by atoms with E-state index in [2.05, 4.69) is 26.0 Å². The molecule has 0 radical (unpaired) electrons. The Bertz CT molecular complexity index is 1380. The lowest BCUT2D eigenvalue weighted by Crippen LogP contribution is -2.40. The van der Waals surface area contributed by atoms with Crippen LogP contribution in [-0.2, 0) is 33.3 Å². The average Bonchev–Trinajstić information content (AvgIpc) is 3.52. The van der Waals surface area contributed by atoms with Crippen LogP contribution in [-0.4, -0.2) is 87.4 Å². The molecule has 0 saturated heterocycles. The quantitative estimate of drug-likeness (QED) is 0.0211. The lowest BCUT2D eigenvalue weighted by molar-refractivity contribution is -0.870. The number of ether oxygens (including phenoxy) is 4. The molecule has 2 atom stereocenters. The van der Waals surface area contributed by atoms with Crippen molar-refractivity contribution in [3.05, 3.63) is 12.2 Å². The van der Waals surface area contributed by atoms with E-state index < -0.39 is 18.4 Å². The molecule has 0 fully saturated rings. The van der Waals surface area contributed by atoms with Gasteiger partial charge in [0, 0.05) is 12.8 Å². The first-order valence-corrected chi connectivity index (χ1v) is 37.4. The summed E-state index contributed by atoms with van der Waals surface area (Å²) in [5.74, 6) is -1.97. The van der Waals surface area contributed by atoms with Crippen molar-refractivity contribution in [3.63, 3.8) is 0 Å². The summed E-state index contributed by atoms with van der Waals surface area (Å²) in [4.78, 5) is 37.6. The second kappa shape index (κ2) is 67.0.